The second-order valence-corrected chi connectivity index (χ2v) is 7.37. The number of ether oxygens (including phenoxy) is 1. The van der Waals surface area contributed by atoms with Crippen molar-refractivity contribution >= 4 is 35.9 Å². The SMILES string of the molecule is CC(=O)N1c2ccc(-c3ccc(N)nc3)cc2[C@@H](NC(=O)OC(C)C)C[C@H]1C.Cl. The van der Waals surface area contributed by atoms with Crippen LogP contribution in [-0.2, 0) is 9.53 Å². The van der Waals surface area contributed by atoms with Crippen molar-refractivity contribution in [3.8, 4) is 11.1 Å². The summed E-state index contributed by atoms with van der Waals surface area (Å²) in [5, 5.41) is 2.95. The Hall–Kier alpha value is -2.80. The number of pyridine rings is 1. The Kier molecular flexibility index (Phi) is 7.08. The third-order valence-electron chi connectivity index (χ3n) is 4.77. The van der Waals surface area contributed by atoms with E-state index in [1.54, 1.807) is 37.9 Å². The summed E-state index contributed by atoms with van der Waals surface area (Å²) in [5.41, 5.74) is 9.21. The van der Waals surface area contributed by atoms with Gasteiger partial charge in [-0.25, -0.2) is 9.78 Å². The van der Waals surface area contributed by atoms with Gasteiger partial charge in [-0.1, -0.05) is 6.07 Å². The zero-order valence-corrected chi connectivity index (χ0v) is 17.8. The van der Waals surface area contributed by atoms with Crippen molar-refractivity contribution in [2.75, 3.05) is 10.6 Å². The number of nitrogens with one attached hydrogen (secondary N) is 1. The number of nitrogens with two attached hydrogens (primary N) is 1. The fraction of sp³-hybridized carbons (Fsp3) is 0.381. The summed E-state index contributed by atoms with van der Waals surface area (Å²) in [7, 11) is 0. The van der Waals surface area contributed by atoms with E-state index in [0.717, 1.165) is 22.4 Å². The highest BCUT2D eigenvalue weighted by Gasteiger charge is 2.33. The minimum atomic E-state index is -0.464. The number of amides is 2. The Morgan fingerprint density at radius 3 is 2.52 bits per heavy atom. The number of alkyl carbamates (subject to hydrolysis) is 1. The van der Waals surface area contributed by atoms with Crippen LogP contribution in [0.25, 0.3) is 11.1 Å². The van der Waals surface area contributed by atoms with Gasteiger partial charge < -0.3 is 20.7 Å². The number of aromatic nitrogens is 1. The number of halogens is 1. The minimum Gasteiger partial charge on any atom is -0.447 e. The van der Waals surface area contributed by atoms with E-state index < -0.39 is 6.09 Å². The lowest BCUT2D eigenvalue weighted by Gasteiger charge is -2.39. The van der Waals surface area contributed by atoms with Crippen LogP contribution in [0.1, 0.15) is 45.7 Å². The number of hydrogen-bond donors (Lipinski definition) is 2. The third kappa shape index (κ3) is 4.98. The maximum absolute atomic E-state index is 12.2. The average molecular weight is 419 g/mol. The first-order valence-electron chi connectivity index (χ1n) is 9.39. The van der Waals surface area contributed by atoms with Crippen LogP contribution < -0.4 is 16.0 Å². The molecule has 7 nitrogen and oxygen atoms in total. The number of rotatable bonds is 3. The van der Waals surface area contributed by atoms with Gasteiger partial charge in [-0.05, 0) is 62.6 Å². The molecule has 0 aliphatic carbocycles. The molecule has 0 bridgehead atoms. The van der Waals surface area contributed by atoms with Crippen LogP contribution in [0, 0.1) is 0 Å². The molecule has 1 aromatic carbocycles. The molecule has 3 rings (SSSR count). The van der Waals surface area contributed by atoms with Crippen LogP contribution in [0.4, 0.5) is 16.3 Å². The first-order chi connectivity index (χ1) is 13.3. The van der Waals surface area contributed by atoms with E-state index in [1.165, 1.54) is 0 Å². The van der Waals surface area contributed by atoms with Crippen molar-refractivity contribution in [1.82, 2.24) is 10.3 Å². The number of anilines is 2. The smallest absolute Gasteiger partial charge is 0.407 e. The molecule has 2 amide bonds. The number of nitrogens with zero attached hydrogens (tertiary/aromatic N) is 2. The topological polar surface area (TPSA) is 97.5 Å². The van der Waals surface area contributed by atoms with Crippen LogP contribution in [0.3, 0.4) is 0 Å². The maximum atomic E-state index is 12.2. The lowest BCUT2D eigenvalue weighted by molar-refractivity contribution is -0.117. The molecular weight excluding hydrogens is 392 g/mol. The molecule has 29 heavy (non-hydrogen) atoms. The third-order valence-corrected chi connectivity index (χ3v) is 4.77. The lowest BCUT2D eigenvalue weighted by Crippen LogP contribution is -2.45. The molecule has 0 unspecified atom stereocenters. The quantitative estimate of drug-likeness (QED) is 0.782. The molecule has 1 aromatic heterocycles. The van der Waals surface area contributed by atoms with E-state index >= 15 is 0 Å². The summed E-state index contributed by atoms with van der Waals surface area (Å²) >= 11 is 0. The Labute approximate surface area is 177 Å². The highest BCUT2D eigenvalue weighted by atomic mass is 35.5. The summed E-state index contributed by atoms with van der Waals surface area (Å²) in [6.45, 7) is 7.14. The van der Waals surface area contributed by atoms with Crippen LogP contribution in [0.15, 0.2) is 36.5 Å². The second-order valence-electron chi connectivity index (χ2n) is 7.37. The van der Waals surface area contributed by atoms with Crippen molar-refractivity contribution in [3.63, 3.8) is 0 Å². The molecule has 0 fully saturated rings. The van der Waals surface area contributed by atoms with Gasteiger partial charge in [-0.15, -0.1) is 12.4 Å². The van der Waals surface area contributed by atoms with Crippen molar-refractivity contribution in [2.24, 2.45) is 0 Å². The van der Waals surface area contributed by atoms with Gasteiger partial charge >= 0.3 is 6.09 Å². The number of carbonyl (C=O) groups is 2. The molecule has 2 atom stereocenters. The first kappa shape index (κ1) is 22.5. The molecule has 0 saturated heterocycles. The van der Waals surface area contributed by atoms with Crippen LogP contribution in [0.5, 0.6) is 0 Å². The number of fused-ring (bicyclic) bond motifs is 1. The Balaban J connectivity index is 0.00000300. The molecule has 1 aliphatic rings. The predicted molar refractivity (Wildman–Crippen MR) is 116 cm³/mol. The molecule has 8 heteroatoms. The molecule has 0 radical (unpaired) electrons. The highest BCUT2D eigenvalue weighted by molar-refractivity contribution is 5.94. The lowest BCUT2D eigenvalue weighted by atomic mass is 9.89. The van der Waals surface area contributed by atoms with Gasteiger partial charge in [0.2, 0.25) is 5.91 Å². The fourth-order valence-corrected chi connectivity index (χ4v) is 3.63. The molecule has 0 saturated carbocycles. The fourth-order valence-electron chi connectivity index (χ4n) is 3.63. The van der Waals surface area contributed by atoms with E-state index in [1.807, 2.05) is 31.2 Å². The summed E-state index contributed by atoms with van der Waals surface area (Å²) in [4.78, 5) is 30.4. The van der Waals surface area contributed by atoms with Gasteiger partial charge in [0.15, 0.2) is 0 Å². The van der Waals surface area contributed by atoms with E-state index in [2.05, 4.69) is 10.3 Å². The number of carbonyl (C=O) groups excluding carboxylic acids is 2. The number of hydrogen-bond acceptors (Lipinski definition) is 5. The molecular formula is C21H27ClN4O3. The van der Waals surface area contributed by atoms with Crippen LogP contribution >= 0.6 is 12.4 Å². The van der Waals surface area contributed by atoms with Crippen molar-refractivity contribution < 1.29 is 14.3 Å². The highest BCUT2D eigenvalue weighted by Crippen LogP contribution is 2.39. The Morgan fingerprint density at radius 2 is 1.93 bits per heavy atom. The molecule has 1 aliphatic heterocycles. The van der Waals surface area contributed by atoms with Crippen LogP contribution in [0.2, 0.25) is 0 Å². The normalized spacial score (nSPS) is 17.9. The molecule has 0 spiro atoms. The van der Waals surface area contributed by atoms with Gasteiger partial charge in [0.05, 0.1) is 12.1 Å². The standard InChI is InChI=1S/C21H26N4O3.ClH/c1-12(2)28-21(27)24-18-9-13(3)25(14(4)26)19-7-5-15(10-17(18)19)16-6-8-20(22)23-11-16;/h5-8,10-13,18H,9H2,1-4H3,(H2,22,23)(H,24,27);1H/t13-,18+;/m1./s1. The molecule has 2 aromatic rings. The van der Waals surface area contributed by atoms with Crippen molar-refractivity contribution in [1.29, 1.82) is 0 Å². The Morgan fingerprint density at radius 1 is 1.24 bits per heavy atom. The first-order valence-corrected chi connectivity index (χ1v) is 9.39. The Bertz CT molecular complexity index is 886. The van der Waals surface area contributed by atoms with Crippen molar-refractivity contribution in [3.05, 3.63) is 42.1 Å². The summed E-state index contributed by atoms with van der Waals surface area (Å²) < 4.78 is 5.25. The minimum absolute atomic E-state index is 0. The predicted octanol–water partition coefficient (Wildman–Crippen LogP) is 4.07. The second kappa shape index (κ2) is 9.13. The van der Waals surface area contributed by atoms with E-state index in [4.69, 9.17) is 10.5 Å². The van der Waals surface area contributed by atoms with Gasteiger partial charge in [0, 0.05) is 30.4 Å². The van der Waals surface area contributed by atoms with Gasteiger partial charge in [-0.3, -0.25) is 4.79 Å². The summed E-state index contributed by atoms with van der Waals surface area (Å²) in [5.74, 6) is 0.424. The molecule has 156 valence electrons. The summed E-state index contributed by atoms with van der Waals surface area (Å²) in [6.07, 6.45) is 1.64. The van der Waals surface area contributed by atoms with E-state index in [9.17, 15) is 9.59 Å². The van der Waals surface area contributed by atoms with Gasteiger partial charge in [0.1, 0.15) is 5.82 Å². The van der Waals surface area contributed by atoms with Gasteiger partial charge in [-0.2, -0.15) is 0 Å². The summed E-state index contributed by atoms with van der Waals surface area (Å²) in [6, 6.07) is 9.20. The zero-order valence-electron chi connectivity index (χ0n) is 17.0. The molecule has 2 heterocycles. The van der Waals surface area contributed by atoms with Crippen LogP contribution in [-0.4, -0.2) is 29.1 Å². The average Bonchev–Trinajstić information content (AvgIpc) is 2.61. The monoisotopic (exact) mass is 418 g/mol. The number of nitrogen functional groups attached to an aromatic ring is 1. The molecule has 3 N–H and O–H groups in total. The zero-order chi connectivity index (χ0) is 20.4. The van der Waals surface area contributed by atoms with E-state index in [0.29, 0.717) is 12.2 Å². The van der Waals surface area contributed by atoms with E-state index in [-0.39, 0.29) is 36.5 Å². The van der Waals surface area contributed by atoms with Crippen molar-refractivity contribution in [2.45, 2.75) is 52.3 Å². The van der Waals surface area contributed by atoms with Gasteiger partial charge in [0.25, 0.3) is 0 Å². The largest absolute Gasteiger partial charge is 0.447 e. The number of benzene rings is 1. The maximum Gasteiger partial charge on any atom is 0.407 e.